The van der Waals surface area contributed by atoms with Gasteiger partial charge >= 0.3 is 0 Å². The van der Waals surface area contributed by atoms with Crippen LogP contribution in [0.1, 0.15) is 31.6 Å². The van der Waals surface area contributed by atoms with Gasteiger partial charge in [-0.25, -0.2) is 0 Å². The molecule has 0 radical (unpaired) electrons. The van der Waals surface area contributed by atoms with Gasteiger partial charge in [0.25, 0.3) is 0 Å². The number of carbonyl (C=O) groups excluding carboxylic acids is 1. The number of hydrogen-bond donors (Lipinski definition) is 0. The second-order valence-electron chi connectivity index (χ2n) is 4.71. The summed E-state index contributed by atoms with van der Waals surface area (Å²) in [4.78, 5) is 17.9. The molecule has 0 aromatic carbocycles. The molecule has 19 heavy (non-hydrogen) atoms. The number of carbonyl (C=O) groups is 1. The van der Waals surface area contributed by atoms with Gasteiger partial charge in [0, 0.05) is 30.5 Å². The van der Waals surface area contributed by atoms with Gasteiger partial charge in [0.1, 0.15) is 0 Å². The lowest BCUT2D eigenvalue weighted by atomic mass is 9.99. The zero-order valence-electron chi connectivity index (χ0n) is 10.7. The molecule has 0 bridgehead atoms. The number of aromatic nitrogens is 2. The summed E-state index contributed by atoms with van der Waals surface area (Å²) in [6, 6.07) is 1.97. The van der Waals surface area contributed by atoms with Crippen molar-refractivity contribution in [3.63, 3.8) is 0 Å². The molecule has 1 fully saturated rings. The van der Waals surface area contributed by atoms with E-state index in [1.54, 1.807) is 11.3 Å². The number of hydrogen-bond acceptors (Lipinski definition) is 5. The first-order valence-electron chi connectivity index (χ1n) is 6.42. The molecule has 5 nitrogen and oxygen atoms in total. The highest BCUT2D eigenvalue weighted by atomic mass is 32.1. The maximum absolute atomic E-state index is 11.7. The zero-order valence-corrected chi connectivity index (χ0v) is 11.5. The number of likely N-dealkylation sites (tertiary alicyclic amines) is 1. The van der Waals surface area contributed by atoms with Crippen molar-refractivity contribution in [2.24, 2.45) is 0 Å². The first kappa shape index (κ1) is 12.3. The normalized spacial score (nSPS) is 15.5. The van der Waals surface area contributed by atoms with Crippen LogP contribution >= 0.6 is 11.3 Å². The first-order chi connectivity index (χ1) is 9.28. The van der Waals surface area contributed by atoms with Crippen molar-refractivity contribution < 1.29 is 9.32 Å². The first-order valence-corrected chi connectivity index (χ1v) is 7.36. The van der Waals surface area contributed by atoms with Crippen molar-refractivity contribution in [2.45, 2.75) is 25.7 Å². The fourth-order valence-electron chi connectivity index (χ4n) is 2.12. The Balaban J connectivity index is 1.62. The standard InChI is InChI=1S/C13H15N3O2S/c1-2-3-11(17)16-6-10(7-16)13-14-12(15-18-13)9-4-5-19-8-9/h4-5,8,10H,2-3,6-7H2,1H3. The minimum absolute atomic E-state index is 0.195. The van der Waals surface area contributed by atoms with Crippen molar-refractivity contribution in [2.75, 3.05) is 13.1 Å². The highest BCUT2D eigenvalue weighted by Crippen LogP contribution is 2.28. The van der Waals surface area contributed by atoms with Crippen LogP contribution in [0.25, 0.3) is 11.4 Å². The van der Waals surface area contributed by atoms with Gasteiger partial charge in [0.05, 0.1) is 5.92 Å². The lowest BCUT2D eigenvalue weighted by Crippen LogP contribution is -2.48. The molecule has 0 N–H and O–H groups in total. The summed E-state index contributed by atoms with van der Waals surface area (Å²) >= 11 is 1.61. The van der Waals surface area contributed by atoms with E-state index in [1.165, 1.54) is 0 Å². The van der Waals surface area contributed by atoms with Gasteiger partial charge in [-0.15, -0.1) is 0 Å². The van der Waals surface area contributed by atoms with Gasteiger partial charge < -0.3 is 9.42 Å². The average molecular weight is 277 g/mol. The minimum Gasteiger partial charge on any atom is -0.341 e. The summed E-state index contributed by atoms with van der Waals surface area (Å²) in [6.45, 7) is 3.41. The van der Waals surface area contributed by atoms with Crippen LogP contribution < -0.4 is 0 Å². The largest absolute Gasteiger partial charge is 0.341 e. The number of amides is 1. The zero-order chi connectivity index (χ0) is 13.2. The van der Waals surface area contributed by atoms with Crippen molar-refractivity contribution in [1.29, 1.82) is 0 Å². The molecule has 0 spiro atoms. The molecule has 1 aliphatic heterocycles. The van der Waals surface area contributed by atoms with E-state index < -0.39 is 0 Å². The summed E-state index contributed by atoms with van der Waals surface area (Å²) in [5, 5.41) is 7.96. The van der Waals surface area contributed by atoms with Gasteiger partial charge in [-0.05, 0) is 17.9 Å². The van der Waals surface area contributed by atoms with Crippen LogP contribution in [-0.2, 0) is 4.79 Å². The van der Waals surface area contributed by atoms with Crippen LogP contribution in [0.3, 0.4) is 0 Å². The lowest BCUT2D eigenvalue weighted by Gasteiger charge is -2.37. The fourth-order valence-corrected chi connectivity index (χ4v) is 2.75. The van der Waals surface area contributed by atoms with Crippen LogP contribution in [0.2, 0.25) is 0 Å². The smallest absolute Gasteiger partial charge is 0.233 e. The number of rotatable bonds is 4. The Morgan fingerprint density at radius 1 is 1.58 bits per heavy atom. The van der Waals surface area contributed by atoms with Crippen molar-refractivity contribution in [3.05, 3.63) is 22.7 Å². The summed E-state index contributed by atoms with van der Waals surface area (Å²) in [7, 11) is 0. The molecule has 1 aliphatic rings. The predicted octanol–water partition coefficient (Wildman–Crippen LogP) is 2.52. The number of nitrogens with zero attached hydrogens (tertiary/aromatic N) is 3. The van der Waals surface area contributed by atoms with Crippen LogP contribution in [0.4, 0.5) is 0 Å². The van der Waals surface area contributed by atoms with Crippen LogP contribution in [0, 0.1) is 0 Å². The second-order valence-corrected chi connectivity index (χ2v) is 5.49. The quantitative estimate of drug-likeness (QED) is 0.861. The van der Waals surface area contributed by atoms with E-state index in [2.05, 4.69) is 10.1 Å². The molecule has 2 aromatic heterocycles. The highest BCUT2D eigenvalue weighted by molar-refractivity contribution is 7.08. The van der Waals surface area contributed by atoms with E-state index in [0.29, 0.717) is 31.2 Å². The molecule has 0 atom stereocenters. The second kappa shape index (κ2) is 5.13. The topological polar surface area (TPSA) is 59.2 Å². The molecule has 2 aromatic rings. The Bertz CT molecular complexity index is 558. The molecule has 3 heterocycles. The molecule has 1 amide bonds. The maximum Gasteiger partial charge on any atom is 0.233 e. The SMILES string of the molecule is CCCC(=O)N1CC(c2nc(-c3ccsc3)no2)C1. The molecular weight excluding hydrogens is 262 g/mol. The maximum atomic E-state index is 11.7. The van der Waals surface area contributed by atoms with Gasteiger partial charge in [0.2, 0.25) is 17.6 Å². The van der Waals surface area contributed by atoms with Crippen molar-refractivity contribution in [1.82, 2.24) is 15.0 Å². The minimum atomic E-state index is 0.195. The summed E-state index contributed by atoms with van der Waals surface area (Å²) in [5.74, 6) is 1.69. The van der Waals surface area contributed by atoms with Crippen LogP contribution in [-0.4, -0.2) is 34.0 Å². The van der Waals surface area contributed by atoms with E-state index in [1.807, 2.05) is 28.7 Å². The molecule has 0 aliphatic carbocycles. The van der Waals surface area contributed by atoms with Gasteiger partial charge in [0.15, 0.2) is 0 Å². The van der Waals surface area contributed by atoms with Crippen LogP contribution in [0.5, 0.6) is 0 Å². The Hall–Kier alpha value is -1.69. The molecular formula is C13H15N3O2S. The summed E-state index contributed by atoms with van der Waals surface area (Å²) in [5.41, 5.74) is 0.984. The molecule has 0 saturated carbocycles. The Morgan fingerprint density at radius 3 is 3.11 bits per heavy atom. The molecule has 0 unspecified atom stereocenters. The van der Waals surface area contributed by atoms with Gasteiger partial charge in [-0.3, -0.25) is 4.79 Å². The Kier molecular flexibility index (Phi) is 3.33. The predicted molar refractivity (Wildman–Crippen MR) is 71.8 cm³/mol. The van der Waals surface area contributed by atoms with Gasteiger partial charge in [-0.1, -0.05) is 12.1 Å². The third-order valence-corrected chi connectivity index (χ3v) is 3.95. The number of thiophene rings is 1. The van der Waals surface area contributed by atoms with E-state index in [0.717, 1.165) is 12.0 Å². The molecule has 6 heteroatoms. The summed E-state index contributed by atoms with van der Waals surface area (Å²) in [6.07, 6.45) is 1.51. The van der Waals surface area contributed by atoms with Gasteiger partial charge in [-0.2, -0.15) is 16.3 Å². The highest BCUT2D eigenvalue weighted by Gasteiger charge is 2.35. The fraction of sp³-hybridized carbons (Fsp3) is 0.462. The van der Waals surface area contributed by atoms with Crippen molar-refractivity contribution >= 4 is 17.2 Å². The van der Waals surface area contributed by atoms with Crippen molar-refractivity contribution in [3.8, 4) is 11.4 Å². The third-order valence-electron chi connectivity index (χ3n) is 3.27. The Labute approximate surface area is 115 Å². The third kappa shape index (κ3) is 2.40. The molecule has 100 valence electrons. The molecule has 1 saturated heterocycles. The Morgan fingerprint density at radius 2 is 2.42 bits per heavy atom. The van der Waals surface area contributed by atoms with E-state index in [-0.39, 0.29) is 11.8 Å². The summed E-state index contributed by atoms with van der Waals surface area (Å²) < 4.78 is 5.29. The van der Waals surface area contributed by atoms with E-state index in [9.17, 15) is 4.79 Å². The molecule has 3 rings (SSSR count). The lowest BCUT2D eigenvalue weighted by molar-refractivity contribution is -0.136. The van der Waals surface area contributed by atoms with Crippen LogP contribution in [0.15, 0.2) is 21.3 Å². The average Bonchev–Trinajstić information content (AvgIpc) is 2.97. The monoisotopic (exact) mass is 277 g/mol. The van der Waals surface area contributed by atoms with E-state index >= 15 is 0 Å². The van der Waals surface area contributed by atoms with E-state index in [4.69, 9.17) is 4.52 Å².